The summed E-state index contributed by atoms with van der Waals surface area (Å²) >= 11 is 0. The van der Waals surface area contributed by atoms with E-state index in [0.29, 0.717) is 0 Å². The predicted molar refractivity (Wildman–Crippen MR) is 99.5 cm³/mol. The van der Waals surface area contributed by atoms with Gasteiger partial charge in [0, 0.05) is 39.2 Å². The normalized spacial score (nSPS) is 20.9. The topological polar surface area (TPSA) is 76.4 Å². The maximum absolute atomic E-state index is 12.4. The van der Waals surface area contributed by atoms with E-state index in [1.807, 2.05) is 35.2 Å². The zero-order valence-electron chi connectivity index (χ0n) is 15.5. The van der Waals surface area contributed by atoms with E-state index in [4.69, 9.17) is 4.74 Å². The number of ether oxygens (including phenoxy) is 1. The maximum atomic E-state index is 12.4. The van der Waals surface area contributed by atoms with Gasteiger partial charge in [-0.05, 0) is 48.4 Å². The van der Waals surface area contributed by atoms with Gasteiger partial charge in [0.2, 0.25) is 0 Å². The first-order chi connectivity index (χ1) is 13.3. The summed E-state index contributed by atoms with van der Waals surface area (Å²) in [6.45, 7) is 5.13. The maximum Gasteiger partial charge on any atom is 0.251 e. The number of aromatic nitrogens is 4. The van der Waals surface area contributed by atoms with Crippen molar-refractivity contribution in [2.75, 3.05) is 39.3 Å². The van der Waals surface area contributed by atoms with Crippen LogP contribution in [0.2, 0.25) is 0 Å². The highest BCUT2D eigenvalue weighted by Gasteiger charge is 2.30. The van der Waals surface area contributed by atoms with E-state index >= 15 is 0 Å². The Morgan fingerprint density at radius 3 is 2.70 bits per heavy atom. The molecule has 27 heavy (non-hydrogen) atoms. The molecule has 0 bridgehead atoms. The van der Waals surface area contributed by atoms with E-state index in [0.717, 1.165) is 76.5 Å². The second-order valence-corrected chi connectivity index (χ2v) is 7.11. The van der Waals surface area contributed by atoms with Crippen LogP contribution in [0.1, 0.15) is 25.1 Å². The van der Waals surface area contributed by atoms with Crippen LogP contribution in [0.4, 0.5) is 0 Å². The molecule has 4 rings (SSSR count). The molecule has 0 saturated carbocycles. The van der Waals surface area contributed by atoms with Crippen molar-refractivity contribution in [3.8, 4) is 5.69 Å². The number of carbonyl (C=O) groups excluding carboxylic acids is 1. The van der Waals surface area contributed by atoms with Crippen LogP contribution in [0.5, 0.6) is 0 Å². The largest absolute Gasteiger partial charge is 0.368 e. The fourth-order valence-corrected chi connectivity index (χ4v) is 3.76. The van der Waals surface area contributed by atoms with E-state index in [1.165, 1.54) is 0 Å². The molecule has 8 heteroatoms. The Labute approximate surface area is 159 Å². The van der Waals surface area contributed by atoms with Crippen LogP contribution in [0, 0.1) is 0 Å². The van der Waals surface area contributed by atoms with Crippen LogP contribution >= 0.6 is 0 Å². The summed E-state index contributed by atoms with van der Waals surface area (Å²) < 4.78 is 7.33. The minimum atomic E-state index is -0.201. The number of hydrogen-bond donors (Lipinski definition) is 0. The van der Waals surface area contributed by atoms with Crippen molar-refractivity contribution in [3.63, 3.8) is 0 Å². The Balaban J connectivity index is 1.22. The monoisotopic (exact) mass is 370 g/mol. The Morgan fingerprint density at radius 1 is 1.15 bits per heavy atom. The molecule has 1 aromatic carbocycles. The summed E-state index contributed by atoms with van der Waals surface area (Å²) in [6.07, 6.45) is 3.49. The third-order valence-corrected chi connectivity index (χ3v) is 5.30. The van der Waals surface area contributed by atoms with Gasteiger partial charge in [-0.1, -0.05) is 18.2 Å². The third kappa shape index (κ3) is 4.33. The minimum Gasteiger partial charge on any atom is -0.368 e. The number of nitrogens with zero attached hydrogens (tertiary/aromatic N) is 6. The summed E-state index contributed by atoms with van der Waals surface area (Å²) in [5, 5.41) is 12.1. The summed E-state index contributed by atoms with van der Waals surface area (Å²) in [5.74, 6) is 1.06. The van der Waals surface area contributed by atoms with E-state index in [-0.39, 0.29) is 12.0 Å². The molecule has 3 heterocycles. The standard InChI is InChI=1S/C19H26N6O2/c26-19(17-8-5-15-27-17)24-13-11-23(12-14-24)10-4-9-18-20-21-22-25(18)16-6-2-1-3-7-16/h1-3,6-7,17H,4-5,8-15H2/t17-/m0/s1. The molecular formula is C19H26N6O2. The van der Waals surface area contributed by atoms with Crippen molar-refractivity contribution in [2.45, 2.75) is 31.8 Å². The molecule has 2 aromatic rings. The second-order valence-electron chi connectivity index (χ2n) is 7.11. The van der Waals surface area contributed by atoms with E-state index in [1.54, 1.807) is 4.68 Å². The fraction of sp³-hybridized carbons (Fsp3) is 0.579. The van der Waals surface area contributed by atoms with Gasteiger partial charge in [-0.25, -0.2) is 0 Å². The Hall–Kier alpha value is -2.32. The first kappa shape index (κ1) is 18.1. The van der Waals surface area contributed by atoms with Gasteiger partial charge in [0.1, 0.15) is 6.10 Å². The molecule has 2 saturated heterocycles. The second kappa shape index (κ2) is 8.58. The van der Waals surface area contributed by atoms with Gasteiger partial charge in [-0.2, -0.15) is 4.68 Å². The van der Waals surface area contributed by atoms with Crippen LogP contribution in [-0.4, -0.2) is 81.3 Å². The molecule has 1 atom stereocenters. The molecule has 0 radical (unpaired) electrons. The first-order valence-electron chi connectivity index (χ1n) is 9.77. The van der Waals surface area contributed by atoms with Crippen molar-refractivity contribution in [1.82, 2.24) is 30.0 Å². The number of tetrazole rings is 1. The number of rotatable bonds is 6. The number of benzene rings is 1. The Kier molecular flexibility index (Phi) is 5.74. The number of hydrogen-bond acceptors (Lipinski definition) is 6. The van der Waals surface area contributed by atoms with Gasteiger partial charge in [-0.3, -0.25) is 9.69 Å². The van der Waals surface area contributed by atoms with Gasteiger partial charge in [0.15, 0.2) is 5.82 Å². The smallest absolute Gasteiger partial charge is 0.251 e. The molecule has 0 spiro atoms. The average molecular weight is 370 g/mol. The van der Waals surface area contributed by atoms with Crippen LogP contribution in [0.3, 0.4) is 0 Å². The molecule has 0 N–H and O–H groups in total. The molecule has 1 aromatic heterocycles. The van der Waals surface area contributed by atoms with Gasteiger partial charge in [0.05, 0.1) is 5.69 Å². The van der Waals surface area contributed by atoms with Crippen molar-refractivity contribution < 1.29 is 9.53 Å². The van der Waals surface area contributed by atoms with E-state index < -0.39 is 0 Å². The van der Waals surface area contributed by atoms with E-state index in [2.05, 4.69) is 20.4 Å². The number of piperazine rings is 1. The molecule has 1 amide bonds. The quantitative estimate of drug-likeness (QED) is 0.753. The summed E-state index contributed by atoms with van der Waals surface area (Å²) in [7, 11) is 0. The van der Waals surface area contributed by atoms with Gasteiger partial charge in [0.25, 0.3) is 5.91 Å². The molecule has 8 nitrogen and oxygen atoms in total. The zero-order chi connectivity index (χ0) is 18.5. The molecule has 0 aliphatic carbocycles. The predicted octanol–water partition coefficient (Wildman–Crippen LogP) is 0.918. The lowest BCUT2D eigenvalue weighted by Gasteiger charge is -2.35. The van der Waals surface area contributed by atoms with Crippen molar-refractivity contribution in [3.05, 3.63) is 36.2 Å². The number of carbonyl (C=O) groups is 1. The lowest BCUT2D eigenvalue weighted by molar-refractivity contribution is -0.142. The van der Waals surface area contributed by atoms with Crippen molar-refractivity contribution >= 4 is 5.91 Å². The van der Waals surface area contributed by atoms with Crippen LogP contribution < -0.4 is 0 Å². The van der Waals surface area contributed by atoms with Gasteiger partial charge >= 0.3 is 0 Å². The summed E-state index contributed by atoms with van der Waals surface area (Å²) in [5.41, 5.74) is 0.985. The number of amides is 1. The lowest BCUT2D eigenvalue weighted by atomic mass is 10.2. The average Bonchev–Trinajstić information content (AvgIpc) is 3.41. The highest BCUT2D eigenvalue weighted by atomic mass is 16.5. The third-order valence-electron chi connectivity index (χ3n) is 5.30. The zero-order valence-corrected chi connectivity index (χ0v) is 15.5. The SMILES string of the molecule is O=C([C@@H]1CCCO1)N1CCN(CCCc2nnnn2-c2ccccc2)CC1. The summed E-state index contributed by atoms with van der Waals surface area (Å²) in [4.78, 5) is 16.8. The van der Waals surface area contributed by atoms with Crippen molar-refractivity contribution in [1.29, 1.82) is 0 Å². The fourth-order valence-electron chi connectivity index (χ4n) is 3.76. The van der Waals surface area contributed by atoms with Crippen molar-refractivity contribution in [2.24, 2.45) is 0 Å². The van der Waals surface area contributed by atoms with E-state index in [9.17, 15) is 4.79 Å². The number of para-hydroxylation sites is 1. The summed E-state index contributed by atoms with van der Waals surface area (Å²) in [6, 6.07) is 9.96. The molecule has 144 valence electrons. The van der Waals surface area contributed by atoms with Crippen LogP contribution in [0.15, 0.2) is 30.3 Å². The molecule has 2 fully saturated rings. The number of aryl methyl sites for hydroxylation is 1. The highest BCUT2D eigenvalue weighted by Crippen LogP contribution is 2.16. The first-order valence-corrected chi connectivity index (χ1v) is 9.77. The highest BCUT2D eigenvalue weighted by molar-refractivity contribution is 5.81. The Morgan fingerprint density at radius 2 is 1.96 bits per heavy atom. The molecule has 0 unspecified atom stereocenters. The molecular weight excluding hydrogens is 344 g/mol. The Bertz CT molecular complexity index is 736. The minimum absolute atomic E-state index is 0.175. The van der Waals surface area contributed by atoms with Gasteiger partial charge < -0.3 is 9.64 Å². The molecule has 2 aliphatic heterocycles. The van der Waals surface area contributed by atoms with Crippen LogP contribution in [0.25, 0.3) is 5.69 Å². The van der Waals surface area contributed by atoms with Gasteiger partial charge in [-0.15, -0.1) is 5.10 Å². The lowest BCUT2D eigenvalue weighted by Crippen LogP contribution is -2.51. The molecule has 2 aliphatic rings. The van der Waals surface area contributed by atoms with Crippen LogP contribution in [-0.2, 0) is 16.0 Å².